The number of hydrogen-bond acceptors (Lipinski definition) is 1. The number of halogens is 1. The smallest absolute Gasteiger partial charge is 0.256 e. The molecule has 94 valence electrons. The fourth-order valence-electron chi connectivity index (χ4n) is 2.21. The summed E-state index contributed by atoms with van der Waals surface area (Å²) < 4.78 is 0. The Balaban J connectivity index is 2.12. The molecule has 0 fully saturated rings. The van der Waals surface area contributed by atoms with Crippen molar-refractivity contribution in [2.45, 2.75) is 6.92 Å². The van der Waals surface area contributed by atoms with E-state index in [-0.39, 0.29) is 5.91 Å². The number of hydrogen-bond donors (Lipinski definition) is 1. The molecule has 0 atom stereocenters. The molecule has 1 amide bonds. The molecule has 0 saturated carbocycles. The second kappa shape index (κ2) is 4.56. The molecule has 1 N–H and O–H groups in total. The van der Waals surface area contributed by atoms with E-state index < -0.39 is 0 Å². The molecule has 2 aromatic rings. The van der Waals surface area contributed by atoms with Gasteiger partial charge < -0.3 is 5.32 Å². The third-order valence-electron chi connectivity index (χ3n) is 3.25. The number of benzene rings is 2. The van der Waals surface area contributed by atoms with Crippen LogP contribution in [0.2, 0.25) is 5.02 Å². The van der Waals surface area contributed by atoms with Crippen LogP contribution in [0.25, 0.3) is 11.6 Å². The van der Waals surface area contributed by atoms with E-state index in [0.29, 0.717) is 10.6 Å². The van der Waals surface area contributed by atoms with Gasteiger partial charge in [0.05, 0.1) is 5.69 Å². The fourth-order valence-corrected chi connectivity index (χ4v) is 2.39. The Morgan fingerprint density at radius 2 is 1.95 bits per heavy atom. The van der Waals surface area contributed by atoms with E-state index in [1.165, 1.54) is 0 Å². The predicted octanol–water partition coefficient (Wildman–Crippen LogP) is 4.14. The summed E-state index contributed by atoms with van der Waals surface area (Å²) in [6.45, 7) is 2.03. The summed E-state index contributed by atoms with van der Waals surface area (Å²) in [6.07, 6.45) is 1.92. The van der Waals surface area contributed by atoms with Crippen molar-refractivity contribution < 1.29 is 4.79 Å². The Labute approximate surface area is 116 Å². The van der Waals surface area contributed by atoms with E-state index >= 15 is 0 Å². The number of fused-ring (bicyclic) bond motifs is 1. The van der Waals surface area contributed by atoms with Gasteiger partial charge in [-0.05, 0) is 36.3 Å². The average Bonchev–Trinajstić information content (AvgIpc) is 2.68. The number of aryl methyl sites for hydroxylation is 1. The third-order valence-corrected chi connectivity index (χ3v) is 3.49. The van der Waals surface area contributed by atoms with Gasteiger partial charge >= 0.3 is 0 Å². The Morgan fingerprint density at radius 3 is 2.74 bits per heavy atom. The van der Waals surface area contributed by atoms with Crippen molar-refractivity contribution in [2.24, 2.45) is 0 Å². The van der Waals surface area contributed by atoms with Crippen LogP contribution in [0.5, 0.6) is 0 Å². The maximum Gasteiger partial charge on any atom is 0.256 e. The van der Waals surface area contributed by atoms with Crippen LogP contribution >= 0.6 is 11.6 Å². The van der Waals surface area contributed by atoms with Crippen molar-refractivity contribution in [1.82, 2.24) is 0 Å². The molecule has 0 spiro atoms. The van der Waals surface area contributed by atoms with Gasteiger partial charge in [-0.3, -0.25) is 4.79 Å². The Morgan fingerprint density at radius 1 is 1.16 bits per heavy atom. The highest BCUT2D eigenvalue weighted by molar-refractivity contribution is 6.36. The van der Waals surface area contributed by atoms with Gasteiger partial charge in [-0.15, -0.1) is 0 Å². The van der Waals surface area contributed by atoms with Crippen molar-refractivity contribution in [3.05, 3.63) is 64.2 Å². The average molecular weight is 270 g/mol. The summed E-state index contributed by atoms with van der Waals surface area (Å²) in [7, 11) is 0. The molecular weight excluding hydrogens is 258 g/mol. The van der Waals surface area contributed by atoms with Gasteiger partial charge in [0, 0.05) is 16.2 Å². The lowest BCUT2D eigenvalue weighted by Crippen LogP contribution is -2.03. The number of carbonyl (C=O) groups excluding carboxylic acids is 1. The van der Waals surface area contributed by atoms with Crippen LogP contribution in [0.1, 0.15) is 16.7 Å². The Kier molecular flexibility index (Phi) is 2.88. The molecule has 1 aliphatic heterocycles. The number of rotatable bonds is 1. The minimum Gasteiger partial charge on any atom is -0.321 e. The van der Waals surface area contributed by atoms with Gasteiger partial charge in [0.1, 0.15) is 0 Å². The summed E-state index contributed by atoms with van der Waals surface area (Å²) in [5, 5.41) is 3.46. The first kappa shape index (κ1) is 12.0. The van der Waals surface area contributed by atoms with E-state index in [1.807, 2.05) is 43.3 Å². The molecule has 19 heavy (non-hydrogen) atoms. The van der Waals surface area contributed by atoms with E-state index in [1.54, 1.807) is 12.1 Å². The second-order valence-corrected chi connectivity index (χ2v) is 5.00. The largest absolute Gasteiger partial charge is 0.321 e. The maximum absolute atomic E-state index is 12.0. The van der Waals surface area contributed by atoms with Crippen LogP contribution in [0.15, 0.2) is 42.5 Å². The van der Waals surface area contributed by atoms with Crippen molar-refractivity contribution in [3.8, 4) is 0 Å². The Bertz CT molecular complexity index is 704. The normalized spacial score (nSPS) is 15.5. The first-order valence-electron chi connectivity index (χ1n) is 6.04. The highest BCUT2D eigenvalue weighted by Crippen LogP contribution is 2.35. The second-order valence-electron chi connectivity index (χ2n) is 4.56. The van der Waals surface area contributed by atoms with Crippen LogP contribution in [0.4, 0.5) is 5.69 Å². The van der Waals surface area contributed by atoms with Crippen LogP contribution in [-0.4, -0.2) is 5.91 Å². The molecule has 0 radical (unpaired) electrons. The highest BCUT2D eigenvalue weighted by atomic mass is 35.5. The van der Waals surface area contributed by atoms with Gasteiger partial charge in [0.2, 0.25) is 0 Å². The van der Waals surface area contributed by atoms with Crippen molar-refractivity contribution in [2.75, 3.05) is 5.32 Å². The van der Waals surface area contributed by atoms with Gasteiger partial charge in [-0.1, -0.05) is 41.9 Å². The first-order valence-corrected chi connectivity index (χ1v) is 6.41. The summed E-state index contributed by atoms with van der Waals surface area (Å²) >= 11 is 5.93. The van der Waals surface area contributed by atoms with Crippen LogP contribution in [0, 0.1) is 6.92 Å². The number of carbonyl (C=O) groups is 1. The molecule has 1 heterocycles. The van der Waals surface area contributed by atoms with E-state index in [4.69, 9.17) is 11.6 Å². The standard InChI is InChI=1S/C16H12ClNO/c1-10-4-2-3-5-11(10)8-14-13-7-6-12(17)9-15(13)18-16(14)19/h2-9H,1H3,(H,18,19). The molecule has 0 unspecified atom stereocenters. The minimum absolute atomic E-state index is 0.0829. The van der Waals surface area contributed by atoms with Gasteiger partial charge in [-0.25, -0.2) is 0 Å². The van der Waals surface area contributed by atoms with Crippen LogP contribution in [0.3, 0.4) is 0 Å². The van der Waals surface area contributed by atoms with Crippen molar-refractivity contribution >= 4 is 34.8 Å². The highest BCUT2D eigenvalue weighted by Gasteiger charge is 2.24. The molecule has 3 heteroatoms. The number of amides is 1. The lowest BCUT2D eigenvalue weighted by Gasteiger charge is -2.02. The summed E-state index contributed by atoms with van der Waals surface area (Å²) in [4.78, 5) is 12.0. The monoisotopic (exact) mass is 269 g/mol. The van der Waals surface area contributed by atoms with Gasteiger partial charge in [0.25, 0.3) is 5.91 Å². The molecule has 0 saturated heterocycles. The summed E-state index contributed by atoms with van der Waals surface area (Å²) in [5.41, 5.74) is 4.55. The zero-order valence-electron chi connectivity index (χ0n) is 10.4. The third kappa shape index (κ3) is 2.15. The van der Waals surface area contributed by atoms with Gasteiger partial charge in [0.15, 0.2) is 0 Å². The maximum atomic E-state index is 12.0. The number of nitrogens with one attached hydrogen (secondary N) is 1. The molecule has 2 aromatic carbocycles. The SMILES string of the molecule is Cc1ccccc1C=C1C(=O)Nc2cc(Cl)ccc21. The van der Waals surface area contributed by atoms with E-state index in [0.717, 1.165) is 22.4 Å². The molecule has 0 aliphatic carbocycles. The van der Waals surface area contributed by atoms with Crippen molar-refractivity contribution in [3.63, 3.8) is 0 Å². The minimum atomic E-state index is -0.0829. The van der Waals surface area contributed by atoms with E-state index in [2.05, 4.69) is 5.32 Å². The quantitative estimate of drug-likeness (QED) is 0.775. The molecule has 1 aliphatic rings. The Hall–Kier alpha value is -2.06. The molecule has 0 aromatic heterocycles. The van der Waals surface area contributed by atoms with Gasteiger partial charge in [-0.2, -0.15) is 0 Å². The molecule has 2 nitrogen and oxygen atoms in total. The van der Waals surface area contributed by atoms with Crippen LogP contribution < -0.4 is 5.32 Å². The zero-order chi connectivity index (χ0) is 13.4. The molecule has 0 bridgehead atoms. The number of anilines is 1. The predicted molar refractivity (Wildman–Crippen MR) is 79.1 cm³/mol. The lowest BCUT2D eigenvalue weighted by atomic mass is 10.0. The topological polar surface area (TPSA) is 29.1 Å². The van der Waals surface area contributed by atoms with Crippen molar-refractivity contribution in [1.29, 1.82) is 0 Å². The molecular formula is C16H12ClNO. The van der Waals surface area contributed by atoms with Crippen LogP contribution in [-0.2, 0) is 4.79 Å². The zero-order valence-corrected chi connectivity index (χ0v) is 11.2. The lowest BCUT2D eigenvalue weighted by molar-refractivity contribution is -0.110. The summed E-state index contributed by atoms with van der Waals surface area (Å²) in [5.74, 6) is -0.0829. The van der Waals surface area contributed by atoms with E-state index in [9.17, 15) is 4.79 Å². The summed E-state index contributed by atoms with van der Waals surface area (Å²) in [6, 6.07) is 13.4. The fraction of sp³-hybridized carbons (Fsp3) is 0.0625. The molecule has 3 rings (SSSR count). The first-order chi connectivity index (χ1) is 9.15.